The van der Waals surface area contributed by atoms with Crippen LogP contribution in [0.4, 0.5) is 11.9 Å². The molecule has 2 atom stereocenters. The number of anilines is 2. The van der Waals surface area contributed by atoms with Crippen molar-refractivity contribution >= 4 is 23.7 Å². The highest BCUT2D eigenvalue weighted by Crippen LogP contribution is 2.35. The first-order valence-corrected chi connectivity index (χ1v) is 8.68. The van der Waals surface area contributed by atoms with E-state index in [4.69, 9.17) is 5.84 Å². The summed E-state index contributed by atoms with van der Waals surface area (Å²) in [4.78, 5) is 15.5. The van der Waals surface area contributed by atoms with Crippen LogP contribution in [0.25, 0.3) is 0 Å². The van der Waals surface area contributed by atoms with Crippen molar-refractivity contribution in [1.82, 2.24) is 15.0 Å². The van der Waals surface area contributed by atoms with Gasteiger partial charge < -0.3 is 4.90 Å². The molecule has 1 aliphatic rings. The molecule has 0 spiro atoms. The van der Waals surface area contributed by atoms with Gasteiger partial charge in [-0.15, -0.1) is 0 Å². The monoisotopic (exact) mass is 310 g/mol. The van der Waals surface area contributed by atoms with Crippen LogP contribution in [0.3, 0.4) is 0 Å². The van der Waals surface area contributed by atoms with Crippen molar-refractivity contribution in [2.75, 3.05) is 23.4 Å². The van der Waals surface area contributed by atoms with Crippen molar-refractivity contribution in [3.63, 3.8) is 0 Å². The van der Waals surface area contributed by atoms with Crippen molar-refractivity contribution < 1.29 is 0 Å². The second-order valence-corrected chi connectivity index (χ2v) is 6.84. The molecule has 1 heterocycles. The third-order valence-electron chi connectivity index (χ3n) is 3.94. The second kappa shape index (κ2) is 7.79. The molecule has 0 bridgehead atoms. The molecule has 1 saturated carbocycles. The van der Waals surface area contributed by atoms with Crippen LogP contribution >= 0.6 is 11.8 Å². The third-order valence-corrected chi connectivity index (χ3v) is 5.09. The molecule has 0 aromatic carbocycles. The highest BCUT2D eigenvalue weighted by molar-refractivity contribution is 7.99. The van der Waals surface area contributed by atoms with Crippen molar-refractivity contribution in [2.24, 2.45) is 11.8 Å². The minimum atomic E-state index is 0.443. The average Bonchev–Trinajstić information content (AvgIpc) is 2.48. The molecule has 7 heteroatoms. The summed E-state index contributed by atoms with van der Waals surface area (Å²) in [5.41, 5.74) is 2.55. The van der Waals surface area contributed by atoms with Crippen LogP contribution in [0.15, 0.2) is 5.16 Å². The zero-order valence-electron chi connectivity index (χ0n) is 13.2. The van der Waals surface area contributed by atoms with Crippen molar-refractivity contribution in [1.29, 1.82) is 0 Å². The summed E-state index contributed by atoms with van der Waals surface area (Å²) < 4.78 is 0. The van der Waals surface area contributed by atoms with Gasteiger partial charge in [-0.1, -0.05) is 31.5 Å². The molecular formula is C14H26N6S. The van der Waals surface area contributed by atoms with Gasteiger partial charge in [0.1, 0.15) is 0 Å². The van der Waals surface area contributed by atoms with E-state index in [1.807, 2.05) is 0 Å². The van der Waals surface area contributed by atoms with Gasteiger partial charge in [-0.05, 0) is 32.6 Å². The Bertz CT molecular complexity index is 451. The molecule has 1 aromatic rings. The van der Waals surface area contributed by atoms with Crippen LogP contribution in [-0.4, -0.2) is 33.3 Å². The summed E-state index contributed by atoms with van der Waals surface area (Å²) in [6.07, 6.45) is 5.12. The predicted octanol–water partition coefficient (Wildman–Crippen LogP) is 2.67. The van der Waals surface area contributed by atoms with Gasteiger partial charge in [-0.3, -0.25) is 5.43 Å². The number of hydrazine groups is 1. The van der Waals surface area contributed by atoms with Crippen molar-refractivity contribution in [2.45, 2.75) is 56.9 Å². The van der Waals surface area contributed by atoms with E-state index in [9.17, 15) is 0 Å². The molecule has 2 unspecified atom stereocenters. The van der Waals surface area contributed by atoms with E-state index in [1.54, 1.807) is 11.8 Å². The van der Waals surface area contributed by atoms with Crippen molar-refractivity contribution in [3.8, 4) is 0 Å². The van der Waals surface area contributed by atoms with Crippen LogP contribution in [0.2, 0.25) is 0 Å². The number of nitrogens with one attached hydrogen (secondary N) is 1. The number of hydrogen-bond acceptors (Lipinski definition) is 7. The fourth-order valence-electron chi connectivity index (χ4n) is 2.75. The number of nitrogen functional groups attached to an aromatic ring is 1. The Kier molecular flexibility index (Phi) is 6.05. The Morgan fingerprint density at radius 1 is 1.24 bits per heavy atom. The molecule has 3 N–H and O–H groups in total. The summed E-state index contributed by atoms with van der Waals surface area (Å²) in [6.45, 7) is 8.26. The molecule has 0 saturated heterocycles. The minimum Gasteiger partial charge on any atom is -0.341 e. The van der Waals surface area contributed by atoms with Crippen LogP contribution in [0.1, 0.15) is 46.5 Å². The molecule has 0 radical (unpaired) electrons. The lowest BCUT2D eigenvalue weighted by molar-refractivity contribution is 0.394. The van der Waals surface area contributed by atoms with Gasteiger partial charge in [0.25, 0.3) is 0 Å². The Morgan fingerprint density at radius 3 is 2.62 bits per heavy atom. The molecule has 118 valence electrons. The minimum absolute atomic E-state index is 0.443. The van der Waals surface area contributed by atoms with E-state index in [0.29, 0.717) is 17.1 Å². The number of thioether (sulfide) groups is 1. The van der Waals surface area contributed by atoms with Gasteiger partial charge >= 0.3 is 0 Å². The largest absolute Gasteiger partial charge is 0.341 e. The maximum atomic E-state index is 5.50. The fraction of sp³-hybridized carbons (Fsp3) is 0.786. The quantitative estimate of drug-likeness (QED) is 0.617. The molecule has 6 nitrogen and oxygen atoms in total. The maximum absolute atomic E-state index is 5.50. The zero-order valence-corrected chi connectivity index (χ0v) is 14.0. The van der Waals surface area contributed by atoms with E-state index in [-0.39, 0.29) is 0 Å². The number of rotatable bonds is 6. The highest BCUT2D eigenvalue weighted by atomic mass is 32.2. The first-order chi connectivity index (χ1) is 10.2. The van der Waals surface area contributed by atoms with E-state index in [2.05, 4.69) is 46.0 Å². The predicted molar refractivity (Wildman–Crippen MR) is 88.5 cm³/mol. The van der Waals surface area contributed by atoms with E-state index < -0.39 is 0 Å². The highest BCUT2D eigenvalue weighted by Gasteiger charge is 2.22. The van der Waals surface area contributed by atoms with E-state index in [0.717, 1.165) is 24.2 Å². The smallest absolute Gasteiger partial charge is 0.242 e. The van der Waals surface area contributed by atoms with Crippen LogP contribution in [0, 0.1) is 5.92 Å². The lowest BCUT2D eigenvalue weighted by atomic mass is 9.91. The first kappa shape index (κ1) is 16.3. The summed E-state index contributed by atoms with van der Waals surface area (Å²) in [7, 11) is 0. The van der Waals surface area contributed by atoms with Crippen LogP contribution < -0.4 is 16.2 Å². The number of nitrogens with zero attached hydrogens (tertiary/aromatic N) is 4. The normalized spacial score (nSPS) is 22.1. The molecule has 1 aromatic heterocycles. The molecule has 2 rings (SSSR count). The standard InChI is InChI=1S/C14H26N6S/c1-4-20(5-2)13-16-12(19-15)17-14(18-13)21-11-8-6-7-10(3)9-11/h10-11H,4-9,15H2,1-3H3,(H,16,17,18,19). The van der Waals surface area contributed by atoms with Gasteiger partial charge in [0.05, 0.1) is 0 Å². The lowest BCUT2D eigenvalue weighted by Crippen LogP contribution is -2.26. The Hall–Kier alpha value is -1.08. The molecule has 1 aliphatic carbocycles. The Morgan fingerprint density at radius 2 is 2.00 bits per heavy atom. The third kappa shape index (κ3) is 4.44. The van der Waals surface area contributed by atoms with E-state index >= 15 is 0 Å². The van der Waals surface area contributed by atoms with Gasteiger partial charge in [-0.25, -0.2) is 5.84 Å². The van der Waals surface area contributed by atoms with E-state index in [1.165, 1.54) is 25.7 Å². The van der Waals surface area contributed by atoms with Crippen LogP contribution in [-0.2, 0) is 0 Å². The fourth-order valence-corrected chi connectivity index (χ4v) is 4.03. The Balaban J connectivity index is 2.16. The second-order valence-electron chi connectivity index (χ2n) is 5.57. The number of nitrogens with two attached hydrogens (primary N) is 1. The van der Waals surface area contributed by atoms with Crippen LogP contribution in [0.5, 0.6) is 0 Å². The van der Waals surface area contributed by atoms with Gasteiger partial charge in [0, 0.05) is 18.3 Å². The van der Waals surface area contributed by atoms with Gasteiger partial charge in [0.2, 0.25) is 11.9 Å². The SMILES string of the molecule is CCN(CC)c1nc(NN)nc(SC2CCCC(C)C2)n1. The average molecular weight is 310 g/mol. The lowest BCUT2D eigenvalue weighted by Gasteiger charge is -2.26. The van der Waals surface area contributed by atoms with Crippen molar-refractivity contribution in [3.05, 3.63) is 0 Å². The molecule has 0 amide bonds. The molecule has 21 heavy (non-hydrogen) atoms. The Labute approximate surface area is 131 Å². The summed E-state index contributed by atoms with van der Waals surface area (Å²) in [5, 5.41) is 1.38. The molecular weight excluding hydrogens is 284 g/mol. The summed E-state index contributed by atoms with van der Waals surface area (Å²) in [6, 6.07) is 0. The topological polar surface area (TPSA) is 80.0 Å². The maximum Gasteiger partial charge on any atom is 0.242 e. The molecule has 1 fully saturated rings. The molecule has 0 aliphatic heterocycles. The number of aromatic nitrogens is 3. The van der Waals surface area contributed by atoms with Gasteiger partial charge in [0.15, 0.2) is 5.16 Å². The number of hydrogen-bond donors (Lipinski definition) is 2. The first-order valence-electron chi connectivity index (χ1n) is 7.80. The summed E-state index contributed by atoms with van der Waals surface area (Å²) >= 11 is 1.77. The summed E-state index contributed by atoms with van der Waals surface area (Å²) in [5.74, 6) is 7.44. The zero-order chi connectivity index (χ0) is 15.2. The van der Waals surface area contributed by atoms with Gasteiger partial charge in [-0.2, -0.15) is 15.0 Å².